The highest BCUT2D eigenvalue weighted by molar-refractivity contribution is 5.76. The zero-order valence-corrected chi connectivity index (χ0v) is 13.5. The molecule has 1 amide bonds. The number of benzene rings is 2. The SMILES string of the molecule is Cc1ccc(OCCCC(=O)N[C@@H](C)c2ccc(F)cc2)cc1. The lowest BCUT2D eigenvalue weighted by Gasteiger charge is -2.14. The number of ether oxygens (including phenoxy) is 1. The van der Waals surface area contributed by atoms with E-state index < -0.39 is 0 Å². The Morgan fingerprint density at radius 1 is 1.13 bits per heavy atom. The van der Waals surface area contributed by atoms with Gasteiger partial charge in [0.05, 0.1) is 12.6 Å². The molecule has 0 bridgehead atoms. The summed E-state index contributed by atoms with van der Waals surface area (Å²) in [5, 5.41) is 2.90. The molecule has 0 fully saturated rings. The molecule has 1 atom stereocenters. The van der Waals surface area contributed by atoms with Crippen LogP contribution in [0.3, 0.4) is 0 Å². The summed E-state index contributed by atoms with van der Waals surface area (Å²) in [6, 6.07) is 13.8. The molecule has 0 spiro atoms. The van der Waals surface area contributed by atoms with Crippen LogP contribution >= 0.6 is 0 Å². The number of amides is 1. The van der Waals surface area contributed by atoms with Crippen molar-refractivity contribution in [1.29, 1.82) is 0 Å². The lowest BCUT2D eigenvalue weighted by atomic mass is 10.1. The number of carbonyl (C=O) groups excluding carboxylic acids is 1. The molecule has 0 heterocycles. The molecule has 0 saturated heterocycles. The van der Waals surface area contributed by atoms with Crippen molar-refractivity contribution in [3.8, 4) is 5.75 Å². The Hall–Kier alpha value is -2.36. The van der Waals surface area contributed by atoms with Crippen molar-refractivity contribution in [2.24, 2.45) is 0 Å². The normalized spacial score (nSPS) is 11.8. The summed E-state index contributed by atoms with van der Waals surface area (Å²) >= 11 is 0. The van der Waals surface area contributed by atoms with Crippen molar-refractivity contribution in [3.63, 3.8) is 0 Å². The third kappa shape index (κ3) is 5.74. The number of hydrogen-bond donors (Lipinski definition) is 1. The molecule has 2 rings (SSSR count). The molecule has 0 aliphatic rings. The van der Waals surface area contributed by atoms with Crippen LogP contribution in [0.1, 0.15) is 36.9 Å². The predicted octanol–water partition coefficient (Wildman–Crippen LogP) is 4.17. The van der Waals surface area contributed by atoms with E-state index in [1.165, 1.54) is 17.7 Å². The van der Waals surface area contributed by atoms with E-state index in [2.05, 4.69) is 5.32 Å². The number of rotatable bonds is 7. The van der Waals surface area contributed by atoms with Gasteiger partial charge in [0, 0.05) is 6.42 Å². The molecule has 0 unspecified atom stereocenters. The van der Waals surface area contributed by atoms with Gasteiger partial charge in [0.25, 0.3) is 0 Å². The summed E-state index contributed by atoms with van der Waals surface area (Å²) < 4.78 is 18.5. The Balaban J connectivity index is 1.68. The fourth-order valence-electron chi connectivity index (χ4n) is 2.21. The topological polar surface area (TPSA) is 38.3 Å². The minimum atomic E-state index is -0.277. The highest BCUT2D eigenvalue weighted by atomic mass is 19.1. The van der Waals surface area contributed by atoms with E-state index in [9.17, 15) is 9.18 Å². The van der Waals surface area contributed by atoms with Gasteiger partial charge in [-0.1, -0.05) is 29.8 Å². The molecule has 0 radical (unpaired) electrons. The molecular formula is C19H22FNO2. The average molecular weight is 315 g/mol. The van der Waals surface area contributed by atoms with Gasteiger partial charge in [0.2, 0.25) is 5.91 Å². The predicted molar refractivity (Wildman–Crippen MR) is 88.9 cm³/mol. The number of halogens is 1. The monoisotopic (exact) mass is 315 g/mol. The standard InChI is InChI=1S/C19H22FNO2/c1-14-5-11-18(12-6-14)23-13-3-4-19(22)21-15(2)16-7-9-17(20)10-8-16/h5-12,15H,3-4,13H2,1-2H3,(H,21,22)/t15-/m0/s1. The summed E-state index contributed by atoms with van der Waals surface area (Å²) in [7, 11) is 0. The first kappa shape index (κ1) is 17.0. The molecule has 1 N–H and O–H groups in total. The molecule has 0 saturated carbocycles. The van der Waals surface area contributed by atoms with Crippen molar-refractivity contribution in [3.05, 3.63) is 65.5 Å². The fraction of sp³-hybridized carbons (Fsp3) is 0.316. The highest BCUT2D eigenvalue weighted by Gasteiger charge is 2.09. The largest absolute Gasteiger partial charge is 0.494 e. The van der Waals surface area contributed by atoms with Crippen LogP contribution in [0.5, 0.6) is 5.75 Å². The van der Waals surface area contributed by atoms with E-state index in [-0.39, 0.29) is 17.8 Å². The van der Waals surface area contributed by atoms with E-state index in [1.807, 2.05) is 38.1 Å². The van der Waals surface area contributed by atoms with Crippen molar-refractivity contribution < 1.29 is 13.9 Å². The van der Waals surface area contributed by atoms with E-state index >= 15 is 0 Å². The van der Waals surface area contributed by atoms with Crippen LogP contribution in [0.15, 0.2) is 48.5 Å². The number of nitrogens with one attached hydrogen (secondary N) is 1. The fourth-order valence-corrected chi connectivity index (χ4v) is 2.21. The second kappa shape index (κ2) is 8.32. The van der Waals surface area contributed by atoms with Crippen LogP contribution in [0, 0.1) is 12.7 Å². The Kier molecular flexibility index (Phi) is 6.15. The van der Waals surface area contributed by atoms with Gasteiger partial charge in [-0.15, -0.1) is 0 Å². The smallest absolute Gasteiger partial charge is 0.220 e. The lowest BCUT2D eigenvalue weighted by Crippen LogP contribution is -2.26. The van der Waals surface area contributed by atoms with Gasteiger partial charge in [0.15, 0.2) is 0 Å². The van der Waals surface area contributed by atoms with E-state index in [0.717, 1.165) is 11.3 Å². The van der Waals surface area contributed by atoms with Gasteiger partial charge in [-0.3, -0.25) is 4.79 Å². The Morgan fingerprint density at radius 2 is 1.78 bits per heavy atom. The van der Waals surface area contributed by atoms with Gasteiger partial charge in [-0.2, -0.15) is 0 Å². The van der Waals surface area contributed by atoms with E-state index in [1.54, 1.807) is 12.1 Å². The van der Waals surface area contributed by atoms with Gasteiger partial charge in [-0.25, -0.2) is 4.39 Å². The van der Waals surface area contributed by atoms with Gasteiger partial charge < -0.3 is 10.1 Å². The molecule has 2 aromatic carbocycles. The Labute approximate surface area is 136 Å². The first-order valence-electron chi connectivity index (χ1n) is 7.79. The second-order valence-electron chi connectivity index (χ2n) is 5.61. The number of hydrogen-bond acceptors (Lipinski definition) is 2. The summed E-state index contributed by atoms with van der Waals surface area (Å²) in [5.74, 6) is 0.505. The minimum Gasteiger partial charge on any atom is -0.494 e. The van der Waals surface area contributed by atoms with Crippen molar-refractivity contribution in [1.82, 2.24) is 5.32 Å². The lowest BCUT2D eigenvalue weighted by molar-refractivity contribution is -0.121. The Bertz CT molecular complexity index is 623. The quantitative estimate of drug-likeness (QED) is 0.779. The zero-order chi connectivity index (χ0) is 16.7. The number of aryl methyl sites for hydroxylation is 1. The minimum absolute atomic E-state index is 0.0330. The molecular weight excluding hydrogens is 293 g/mol. The first-order chi connectivity index (χ1) is 11.0. The molecule has 122 valence electrons. The van der Waals surface area contributed by atoms with Crippen molar-refractivity contribution >= 4 is 5.91 Å². The summed E-state index contributed by atoms with van der Waals surface area (Å²) in [4.78, 5) is 11.9. The summed E-state index contributed by atoms with van der Waals surface area (Å²) in [6.07, 6.45) is 1.05. The Morgan fingerprint density at radius 3 is 2.43 bits per heavy atom. The molecule has 23 heavy (non-hydrogen) atoms. The molecule has 3 nitrogen and oxygen atoms in total. The summed E-state index contributed by atoms with van der Waals surface area (Å²) in [5.41, 5.74) is 2.07. The van der Waals surface area contributed by atoms with Crippen LogP contribution in [0.25, 0.3) is 0 Å². The third-order valence-electron chi connectivity index (χ3n) is 3.59. The maximum atomic E-state index is 12.9. The average Bonchev–Trinajstić information content (AvgIpc) is 2.54. The van der Waals surface area contributed by atoms with E-state index in [0.29, 0.717) is 19.4 Å². The van der Waals surface area contributed by atoms with Gasteiger partial charge in [0.1, 0.15) is 11.6 Å². The maximum Gasteiger partial charge on any atom is 0.220 e. The molecule has 4 heteroatoms. The number of carbonyl (C=O) groups is 1. The van der Waals surface area contributed by atoms with Crippen LogP contribution in [0.2, 0.25) is 0 Å². The van der Waals surface area contributed by atoms with Gasteiger partial charge in [-0.05, 0) is 50.1 Å². The van der Waals surface area contributed by atoms with Crippen LogP contribution in [0.4, 0.5) is 4.39 Å². The second-order valence-corrected chi connectivity index (χ2v) is 5.61. The molecule has 0 aliphatic heterocycles. The third-order valence-corrected chi connectivity index (χ3v) is 3.59. The van der Waals surface area contributed by atoms with Crippen molar-refractivity contribution in [2.45, 2.75) is 32.7 Å². The molecule has 0 aliphatic carbocycles. The highest BCUT2D eigenvalue weighted by Crippen LogP contribution is 2.14. The maximum absolute atomic E-state index is 12.9. The zero-order valence-electron chi connectivity index (χ0n) is 13.5. The van der Waals surface area contributed by atoms with Crippen LogP contribution < -0.4 is 10.1 Å². The van der Waals surface area contributed by atoms with Gasteiger partial charge >= 0.3 is 0 Å². The van der Waals surface area contributed by atoms with Crippen molar-refractivity contribution in [2.75, 3.05) is 6.61 Å². The molecule has 2 aromatic rings. The van der Waals surface area contributed by atoms with E-state index in [4.69, 9.17) is 4.74 Å². The van der Waals surface area contributed by atoms with Crippen LogP contribution in [-0.4, -0.2) is 12.5 Å². The summed E-state index contributed by atoms with van der Waals surface area (Å²) in [6.45, 7) is 4.41. The van der Waals surface area contributed by atoms with Crippen LogP contribution in [-0.2, 0) is 4.79 Å². The first-order valence-corrected chi connectivity index (χ1v) is 7.79. The molecule has 0 aromatic heterocycles.